The van der Waals surface area contributed by atoms with Gasteiger partial charge in [-0.2, -0.15) is 0 Å². The van der Waals surface area contributed by atoms with Crippen LogP contribution in [-0.4, -0.2) is 36.9 Å². The van der Waals surface area contributed by atoms with E-state index in [9.17, 15) is 9.59 Å². The smallest absolute Gasteiger partial charge is 0.260 e. The lowest BCUT2D eigenvalue weighted by molar-refractivity contribution is -0.135. The Balaban J connectivity index is 1.86. The lowest BCUT2D eigenvalue weighted by atomic mass is 10.1. The van der Waals surface area contributed by atoms with E-state index >= 15 is 0 Å². The molecule has 0 aliphatic carbocycles. The van der Waals surface area contributed by atoms with Crippen LogP contribution in [0.2, 0.25) is 0 Å². The van der Waals surface area contributed by atoms with Gasteiger partial charge in [0.25, 0.3) is 5.91 Å². The second kappa shape index (κ2) is 8.85. The third-order valence-electron chi connectivity index (χ3n) is 3.95. The first kappa shape index (κ1) is 20.0. The Morgan fingerprint density at radius 3 is 2.46 bits per heavy atom. The average Bonchev–Trinajstić information content (AvgIpc) is 2.56. The number of carbonyl (C=O) groups excluding carboxylic acids is 2. The van der Waals surface area contributed by atoms with E-state index in [1.807, 2.05) is 57.2 Å². The number of nitrogens with zero attached hydrogens (tertiary/aromatic N) is 1. The van der Waals surface area contributed by atoms with Gasteiger partial charge in [-0.05, 0) is 56.2 Å². The normalized spacial score (nSPS) is 10.3. The minimum absolute atomic E-state index is 0.0371. The summed E-state index contributed by atoms with van der Waals surface area (Å²) in [7, 11) is 1.59. The number of halogens is 1. The number of anilines is 1. The first-order valence-corrected chi connectivity index (χ1v) is 9.05. The summed E-state index contributed by atoms with van der Waals surface area (Å²) in [5.41, 5.74) is 3.78. The number of hydrogen-bond acceptors (Lipinski definition) is 3. The Bertz CT molecular complexity index is 821. The van der Waals surface area contributed by atoms with Crippen molar-refractivity contribution in [1.82, 2.24) is 4.90 Å². The van der Waals surface area contributed by atoms with Crippen molar-refractivity contribution in [3.8, 4) is 5.75 Å². The van der Waals surface area contributed by atoms with Crippen molar-refractivity contribution in [1.29, 1.82) is 0 Å². The lowest BCUT2D eigenvalue weighted by Crippen LogP contribution is -2.37. The van der Waals surface area contributed by atoms with Crippen molar-refractivity contribution in [2.24, 2.45) is 0 Å². The zero-order chi connectivity index (χ0) is 19.3. The molecule has 2 aromatic carbocycles. The van der Waals surface area contributed by atoms with Crippen molar-refractivity contribution in [2.45, 2.75) is 20.8 Å². The summed E-state index contributed by atoms with van der Waals surface area (Å²) < 4.78 is 6.53. The highest BCUT2D eigenvalue weighted by atomic mass is 79.9. The van der Waals surface area contributed by atoms with E-state index < -0.39 is 0 Å². The third kappa shape index (κ3) is 5.59. The molecular weight excluding hydrogens is 396 g/mol. The SMILES string of the molecule is Cc1ccc(OCC(=O)N(C)CC(=O)Nc2ccc(Br)cc2C)c(C)c1. The number of ether oxygens (including phenoxy) is 1. The zero-order valence-electron chi connectivity index (χ0n) is 15.4. The maximum atomic E-state index is 12.2. The fourth-order valence-corrected chi connectivity index (χ4v) is 2.95. The molecule has 0 aliphatic heterocycles. The van der Waals surface area contributed by atoms with E-state index in [0.29, 0.717) is 5.75 Å². The van der Waals surface area contributed by atoms with Gasteiger partial charge in [0, 0.05) is 17.2 Å². The summed E-state index contributed by atoms with van der Waals surface area (Å²) in [6.07, 6.45) is 0. The molecule has 0 heterocycles. The highest BCUT2D eigenvalue weighted by molar-refractivity contribution is 9.10. The highest BCUT2D eigenvalue weighted by Crippen LogP contribution is 2.20. The lowest BCUT2D eigenvalue weighted by Gasteiger charge is -2.18. The predicted octanol–water partition coefficient (Wildman–Crippen LogP) is 3.85. The molecule has 0 bridgehead atoms. The van der Waals surface area contributed by atoms with Gasteiger partial charge >= 0.3 is 0 Å². The van der Waals surface area contributed by atoms with Gasteiger partial charge in [-0.1, -0.05) is 33.6 Å². The Labute approximate surface area is 162 Å². The fourth-order valence-electron chi connectivity index (χ4n) is 2.47. The van der Waals surface area contributed by atoms with Crippen LogP contribution in [0.1, 0.15) is 16.7 Å². The van der Waals surface area contributed by atoms with E-state index in [0.717, 1.165) is 26.9 Å². The first-order valence-electron chi connectivity index (χ1n) is 8.26. The Morgan fingerprint density at radius 2 is 1.81 bits per heavy atom. The number of amides is 2. The predicted molar refractivity (Wildman–Crippen MR) is 107 cm³/mol. The van der Waals surface area contributed by atoms with Crippen LogP contribution in [0.4, 0.5) is 5.69 Å². The first-order chi connectivity index (χ1) is 12.3. The van der Waals surface area contributed by atoms with Gasteiger partial charge in [-0.3, -0.25) is 9.59 Å². The Morgan fingerprint density at radius 1 is 1.08 bits per heavy atom. The van der Waals surface area contributed by atoms with E-state index in [2.05, 4.69) is 21.2 Å². The molecule has 6 heteroatoms. The average molecular weight is 419 g/mol. The molecule has 0 atom stereocenters. The molecule has 0 radical (unpaired) electrons. The summed E-state index contributed by atoms with van der Waals surface area (Å²) in [5.74, 6) is 0.165. The monoisotopic (exact) mass is 418 g/mol. The molecule has 0 aliphatic rings. The van der Waals surface area contributed by atoms with Crippen LogP contribution in [0.5, 0.6) is 5.75 Å². The van der Waals surface area contributed by atoms with Crippen LogP contribution in [0.3, 0.4) is 0 Å². The summed E-state index contributed by atoms with van der Waals surface area (Å²) in [5, 5.41) is 2.82. The third-order valence-corrected chi connectivity index (χ3v) is 4.44. The van der Waals surface area contributed by atoms with Crippen molar-refractivity contribution in [3.63, 3.8) is 0 Å². The molecule has 0 unspecified atom stereocenters. The maximum absolute atomic E-state index is 12.2. The van der Waals surface area contributed by atoms with Crippen molar-refractivity contribution in [3.05, 3.63) is 57.6 Å². The molecule has 0 aromatic heterocycles. The number of benzene rings is 2. The van der Waals surface area contributed by atoms with Gasteiger partial charge in [0.05, 0.1) is 6.54 Å². The van der Waals surface area contributed by atoms with E-state index in [1.165, 1.54) is 4.90 Å². The minimum Gasteiger partial charge on any atom is -0.484 e. The van der Waals surface area contributed by atoms with Crippen LogP contribution in [0.15, 0.2) is 40.9 Å². The highest BCUT2D eigenvalue weighted by Gasteiger charge is 2.15. The second-order valence-corrected chi connectivity index (χ2v) is 7.23. The van der Waals surface area contributed by atoms with Gasteiger partial charge in [-0.15, -0.1) is 0 Å². The van der Waals surface area contributed by atoms with E-state index in [4.69, 9.17) is 4.74 Å². The van der Waals surface area contributed by atoms with Gasteiger partial charge < -0.3 is 15.0 Å². The number of hydrogen-bond donors (Lipinski definition) is 1. The van der Waals surface area contributed by atoms with Crippen LogP contribution in [-0.2, 0) is 9.59 Å². The zero-order valence-corrected chi connectivity index (χ0v) is 17.0. The van der Waals surface area contributed by atoms with Crippen LogP contribution in [0.25, 0.3) is 0 Å². The van der Waals surface area contributed by atoms with Gasteiger partial charge in [0.1, 0.15) is 5.75 Å². The van der Waals surface area contributed by atoms with Crippen molar-refractivity contribution < 1.29 is 14.3 Å². The number of nitrogens with one attached hydrogen (secondary N) is 1. The van der Waals surface area contributed by atoms with Crippen molar-refractivity contribution >= 4 is 33.4 Å². The molecule has 2 rings (SSSR count). The molecule has 5 nitrogen and oxygen atoms in total. The Hall–Kier alpha value is -2.34. The summed E-state index contributed by atoms with van der Waals surface area (Å²) in [6.45, 7) is 5.70. The van der Waals surface area contributed by atoms with Crippen LogP contribution in [0, 0.1) is 20.8 Å². The van der Waals surface area contributed by atoms with E-state index in [-0.39, 0.29) is 25.0 Å². The number of likely N-dealkylation sites (N-methyl/N-ethyl adjacent to an activating group) is 1. The second-order valence-electron chi connectivity index (χ2n) is 6.31. The minimum atomic E-state index is -0.257. The number of aryl methyl sites for hydroxylation is 3. The number of rotatable bonds is 6. The molecule has 26 heavy (non-hydrogen) atoms. The molecular formula is C20H23BrN2O3. The number of carbonyl (C=O) groups is 2. The molecule has 138 valence electrons. The quantitative estimate of drug-likeness (QED) is 0.774. The largest absolute Gasteiger partial charge is 0.484 e. The summed E-state index contributed by atoms with van der Waals surface area (Å²) in [4.78, 5) is 25.7. The van der Waals surface area contributed by atoms with Crippen LogP contribution < -0.4 is 10.1 Å². The topological polar surface area (TPSA) is 58.6 Å². The van der Waals surface area contributed by atoms with Gasteiger partial charge in [-0.25, -0.2) is 0 Å². The molecule has 1 N–H and O–H groups in total. The molecule has 0 fully saturated rings. The summed E-state index contributed by atoms with van der Waals surface area (Å²) in [6, 6.07) is 11.4. The molecule has 0 spiro atoms. The van der Waals surface area contributed by atoms with E-state index in [1.54, 1.807) is 7.05 Å². The Kier molecular flexibility index (Phi) is 6.80. The standard InChI is InChI=1S/C20H23BrN2O3/c1-13-5-8-18(15(3)9-13)26-12-20(25)23(4)11-19(24)22-17-7-6-16(21)10-14(17)2/h5-10H,11-12H2,1-4H3,(H,22,24). The molecule has 0 saturated heterocycles. The molecule has 0 saturated carbocycles. The molecule has 2 aromatic rings. The van der Waals surface area contributed by atoms with Gasteiger partial charge in [0.2, 0.25) is 5.91 Å². The fraction of sp³-hybridized carbons (Fsp3) is 0.300. The summed E-state index contributed by atoms with van der Waals surface area (Å²) >= 11 is 3.39. The van der Waals surface area contributed by atoms with Crippen molar-refractivity contribution in [2.75, 3.05) is 25.5 Å². The van der Waals surface area contributed by atoms with Gasteiger partial charge in [0.15, 0.2) is 6.61 Å². The molecule has 2 amide bonds. The van der Waals surface area contributed by atoms with Crippen LogP contribution >= 0.6 is 15.9 Å². The maximum Gasteiger partial charge on any atom is 0.260 e.